The third kappa shape index (κ3) is 2.56. The van der Waals surface area contributed by atoms with Crippen LogP contribution in [0, 0.1) is 0 Å². The van der Waals surface area contributed by atoms with E-state index < -0.39 is 5.97 Å². The maximum Gasteiger partial charge on any atom is 0.335 e. The summed E-state index contributed by atoms with van der Waals surface area (Å²) in [6, 6.07) is 5.56. The maximum atomic E-state index is 11.1. The zero-order valence-corrected chi connectivity index (χ0v) is 9.85. The summed E-state index contributed by atoms with van der Waals surface area (Å²) >= 11 is 0. The van der Waals surface area contributed by atoms with E-state index >= 15 is 0 Å². The maximum absolute atomic E-state index is 11.1. The summed E-state index contributed by atoms with van der Waals surface area (Å²) < 4.78 is 0. The van der Waals surface area contributed by atoms with Gasteiger partial charge >= 0.3 is 5.97 Å². The minimum absolute atomic E-state index is 0.464. The van der Waals surface area contributed by atoms with Gasteiger partial charge in [-0.2, -0.15) is 0 Å². The molecule has 3 heteroatoms. The number of aromatic carboxylic acids is 1. The summed E-state index contributed by atoms with van der Waals surface area (Å²) in [5, 5.41) is 9.12. The van der Waals surface area contributed by atoms with Crippen LogP contribution in [0.2, 0.25) is 0 Å². The third-order valence-corrected chi connectivity index (χ3v) is 3.22. The molecule has 0 atom stereocenters. The van der Waals surface area contributed by atoms with Crippen molar-refractivity contribution in [3.05, 3.63) is 47.5 Å². The van der Waals surface area contributed by atoms with Gasteiger partial charge < -0.3 is 5.11 Å². The number of nitrogens with zero attached hydrogens (tertiary/aromatic N) is 1. The summed E-state index contributed by atoms with van der Waals surface area (Å²) in [6.45, 7) is 6.51. The van der Waals surface area contributed by atoms with E-state index in [0.29, 0.717) is 5.56 Å². The predicted octanol–water partition coefficient (Wildman–Crippen LogP) is 2.32. The Morgan fingerprint density at radius 3 is 3.06 bits per heavy atom. The molecule has 1 aromatic carbocycles. The van der Waals surface area contributed by atoms with Gasteiger partial charge in [-0.3, -0.25) is 4.90 Å². The van der Waals surface area contributed by atoms with E-state index in [2.05, 4.69) is 11.5 Å². The summed E-state index contributed by atoms with van der Waals surface area (Å²) in [6.07, 6.45) is 3.73. The fraction of sp³-hybridized carbons (Fsp3) is 0.357. The van der Waals surface area contributed by atoms with Crippen LogP contribution in [0.5, 0.6) is 0 Å². The van der Waals surface area contributed by atoms with Crippen LogP contribution in [0.1, 0.15) is 27.9 Å². The molecule has 0 aromatic heterocycles. The highest BCUT2D eigenvalue weighted by Gasteiger charge is 2.20. The molecular weight excluding hydrogens is 214 g/mol. The molecule has 2 rings (SSSR count). The summed E-state index contributed by atoms with van der Waals surface area (Å²) in [4.78, 5) is 13.4. The van der Waals surface area contributed by atoms with Crippen LogP contribution in [0.15, 0.2) is 30.9 Å². The van der Waals surface area contributed by atoms with Gasteiger partial charge in [0.25, 0.3) is 0 Å². The molecule has 0 amide bonds. The van der Waals surface area contributed by atoms with E-state index in [1.807, 2.05) is 18.2 Å². The lowest BCUT2D eigenvalue weighted by atomic mass is 9.94. The smallest absolute Gasteiger partial charge is 0.335 e. The Hall–Kier alpha value is -1.61. The number of carboxylic acids is 1. The van der Waals surface area contributed by atoms with Crippen LogP contribution in [-0.2, 0) is 13.0 Å². The monoisotopic (exact) mass is 231 g/mol. The molecule has 1 aromatic rings. The Bertz CT molecular complexity index is 440. The molecule has 0 spiro atoms. The van der Waals surface area contributed by atoms with E-state index in [1.54, 1.807) is 6.07 Å². The van der Waals surface area contributed by atoms with E-state index in [9.17, 15) is 4.79 Å². The van der Waals surface area contributed by atoms with Gasteiger partial charge in [0.15, 0.2) is 0 Å². The van der Waals surface area contributed by atoms with Crippen molar-refractivity contribution in [2.45, 2.75) is 19.4 Å². The first-order valence-corrected chi connectivity index (χ1v) is 5.89. The van der Waals surface area contributed by atoms with E-state index in [0.717, 1.165) is 43.6 Å². The van der Waals surface area contributed by atoms with E-state index in [-0.39, 0.29) is 0 Å². The number of hydrogen-bond donors (Lipinski definition) is 1. The Balaban J connectivity index is 2.19. The van der Waals surface area contributed by atoms with Gasteiger partial charge in [0.2, 0.25) is 0 Å². The average molecular weight is 231 g/mol. The highest BCUT2D eigenvalue weighted by atomic mass is 16.4. The van der Waals surface area contributed by atoms with Crippen molar-refractivity contribution in [3.8, 4) is 0 Å². The van der Waals surface area contributed by atoms with Crippen LogP contribution in [0.25, 0.3) is 0 Å². The number of benzene rings is 1. The molecular formula is C14H17NO2. The molecule has 0 saturated heterocycles. The minimum Gasteiger partial charge on any atom is -0.478 e. The first-order valence-electron chi connectivity index (χ1n) is 5.89. The van der Waals surface area contributed by atoms with Crippen molar-refractivity contribution in [1.29, 1.82) is 0 Å². The molecule has 3 nitrogen and oxygen atoms in total. The van der Waals surface area contributed by atoms with Crippen molar-refractivity contribution < 1.29 is 9.90 Å². The average Bonchev–Trinajstić information content (AvgIpc) is 2.35. The normalized spacial score (nSPS) is 15.3. The number of carbonyl (C=O) groups is 1. The number of fused-ring (bicyclic) bond motifs is 1. The van der Waals surface area contributed by atoms with Gasteiger partial charge in [0.05, 0.1) is 5.56 Å². The fourth-order valence-electron chi connectivity index (χ4n) is 2.33. The summed E-state index contributed by atoms with van der Waals surface area (Å²) in [5.74, 6) is -0.818. The van der Waals surface area contributed by atoms with Crippen LogP contribution in [0.3, 0.4) is 0 Å². The van der Waals surface area contributed by atoms with Crippen LogP contribution < -0.4 is 0 Å². The van der Waals surface area contributed by atoms with E-state index in [1.165, 1.54) is 0 Å². The lowest BCUT2D eigenvalue weighted by molar-refractivity contribution is 0.0694. The van der Waals surface area contributed by atoms with Crippen molar-refractivity contribution in [2.75, 3.05) is 13.1 Å². The second-order valence-corrected chi connectivity index (χ2v) is 4.35. The lowest BCUT2D eigenvalue weighted by Gasteiger charge is -2.29. The first-order chi connectivity index (χ1) is 8.22. The number of carboxylic acid groups (broad SMARTS) is 1. The Morgan fingerprint density at radius 1 is 1.53 bits per heavy atom. The zero-order valence-electron chi connectivity index (χ0n) is 9.85. The van der Waals surface area contributed by atoms with Crippen LogP contribution in [-0.4, -0.2) is 29.1 Å². The van der Waals surface area contributed by atoms with Crippen LogP contribution in [0.4, 0.5) is 0 Å². The van der Waals surface area contributed by atoms with Crippen LogP contribution >= 0.6 is 0 Å². The fourth-order valence-corrected chi connectivity index (χ4v) is 2.33. The van der Waals surface area contributed by atoms with Gasteiger partial charge in [-0.05, 0) is 30.0 Å². The summed E-state index contributed by atoms with van der Waals surface area (Å²) in [7, 11) is 0. The summed E-state index contributed by atoms with van der Waals surface area (Å²) in [5.41, 5.74) is 2.63. The SMILES string of the molecule is C=CCCN1CCc2c(cccc2C(=O)O)C1. The molecule has 1 aliphatic heterocycles. The molecule has 0 bridgehead atoms. The quantitative estimate of drug-likeness (QED) is 0.808. The van der Waals surface area contributed by atoms with Crippen molar-refractivity contribution in [1.82, 2.24) is 4.90 Å². The molecule has 1 N–H and O–H groups in total. The molecule has 0 saturated carbocycles. The van der Waals surface area contributed by atoms with Gasteiger partial charge in [-0.25, -0.2) is 4.79 Å². The van der Waals surface area contributed by atoms with Gasteiger partial charge in [-0.15, -0.1) is 6.58 Å². The van der Waals surface area contributed by atoms with Gasteiger partial charge in [-0.1, -0.05) is 18.2 Å². The van der Waals surface area contributed by atoms with Gasteiger partial charge in [0.1, 0.15) is 0 Å². The van der Waals surface area contributed by atoms with Crippen molar-refractivity contribution >= 4 is 5.97 Å². The zero-order chi connectivity index (χ0) is 12.3. The Morgan fingerprint density at radius 2 is 2.35 bits per heavy atom. The highest BCUT2D eigenvalue weighted by Crippen LogP contribution is 2.22. The van der Waals surface area contributed by atoms with Gasteiger partial charge in [0, 0.05) is 19.6 Å². The topological polar surface area (TPSA) is 40.5 Å². The highest BCUT2D eigenvalue weighted by molar-refractivity contribution is 5.89. The Kier molecular flexibility index (Phi) is 3.59. The molecule has 1 heterocycles. The van der Waals surface area contributed by atoms with Crippen molar-refractivity contribution in [2.24, 2.45) is 0 Å². The lowest BCUT2D eigenvalue weighted by Crippen LogP contribution is -2.32. The molecule has 17 heavy (non-hydrogen) atoms. The third-order valence-electron chi connectivity index (χ3n) is 3.22. The molecule has 1 aliphatic rings. The number of rotatable bonds is 4. The second kappa shape index (κ2) is 5.15. The van der Waals surface area contributed by atoms with Crippen molar-refractivity contribution in [3.63, 3.8) is 0 Å². The standard InChI is InChI=1S/C14H17NO2/c1-2-3-8-15-9-7-12-11(10-15)5-4-6-13(12)14(16)17/h2,4-6H,1,3,7-10H2,(H,16,17). The molecule has 0 fully saturated rings. The molecule has 90 valence electrons. The molecule has 0 radical (unpaired) electrons. The minimum atomic E-state index is -0.818. The molecule has 0 aliphatic carbocycles. The van der Waals surface area contributed by atoms with E-state index in [4.69, 9.17) is 5.11 Å². The predicted molar refractivity (Wildman–Crippen MR) is 67.2 cm³/mol. The second-order valence-electron chi connectivity index (χ2n) is 4.35. The number of hydrogen-bond acceptors (Lipinski definition) is 2. The Labute approximate surface area is 101 Å². The largest absolute Gasteiger partial charge is 0.478 e. The molecule has 0 unspecified atom stereocenters. The first kappa shape index (κ1) is 11.9.